The van der Waals surface area contributed by atoms with Crippen molar-refractivity contribution in [3.8, 4) is 11.8 Å². The first-order chi connectivity index (χ1) is 9.72. The van der Waals surface area contributed by atoms with Crippen molar-refractivity contribution in [1.29, 1.82) is 0 Å². The van der Waals surface area contributed by atoms with Crippen LogP contribution in [0.3, 0.4) is 0 Å². The zero-order chi connectivity index (χ0) is 14.4. The number of methoxy groups -OCH3 is 1. The van der Waals surface area contributed by atoms with Gasteiger partial charge in [-0.2, -0.15) is 4.98 Å². The predicted octanol–water partition coefficient (Wildman–Crippen LogP) is 1.43. The van der Waals surface area contributed by atoms with Crippen LogP contribution in [0.2, 0.25) is 0 Å². The summed E-state index contributed by atoms with van der Waals surface area (Å²) in [6.07, 6.45) is 8.17. The van der Waals surface area contributed by atoms with Crippen molar-refractivity contribution in [1.82, 2.24) is 14.9 Å². The molecule has 0 saturated carbocycles. The van der Waals surface area contributed by atoms with E-state index in [0.717, 1.165) is 19.4 Å². The van der Waals surface area contributed by atoms with Gasteiger partial charge < -0.3 is 14.4 Å². The molecule has 1 aliphatic rings. The first-order valence-electron chi connectivity index (χ1n) is 6.67. The Kier molecular flexibility index (Phi) is 4.92. The van der Waals surface area contributed by atoms with Crippen molar-refractivity contribution in [3.63, 3.8) is 0 Å². The number of amides is 1. The molecule has 108 valence electrons. The molecular formula is C14H19N3O3. The number of nitrogens with zero attached hydrogens (tertiary/aromatic N) is 3. The molecule has 1 amide bonds. The maximum absolute atomic E-state index is 11.8. The number of hydrogen-bond acceptors (Lipinski definition) is 5. The van der Waals surface area contributed by atoms with E-state index >= 15 is 0 Å². The molecule has 0 unspecified atom stereocenters. The number of carbonyl (C=O) groups is 1. The highest BCUT2D eigenvalue weighted by atomic mass is 16.5. The monoisotopic (exact) mass is 277 g/mol. The Morgan fingerprint density at radius 1 is 1.45 bits per heavy atom. The van der Waals surface area contributed by atoms with Gasteiger partial charge in [-0.1, -0.05) is 6.08 Å². The minimum Gasteiger partial charge on any atom is -0.480 e. The summed E-state index contributed by atoms with van der Waals surface area (Å²) in [5, 5.41) is 0. The third kappa shape index (κ3) is 3.69. The average Bonchev–Trinajstić information content (AvgIpc) is 2.48. The fraction of sp³-hybridized carbons (Fsp3) is 0.500. The summed E-state index contributed by atoms with van der Waals surface area (Å²) >= 11 is 0. The Hall–Kier alpha value is -2.11. The summed E-state index contributed by atoms with van der Waals surface area (Å²) in [7, 11) is 1.53. The van der Waals surface area contributed by atoms with Crippen LogP contribution < -0.4 is 9.47 Å². The molecule has 1 fully saturated rings. The first kappa shape index (κ1) is 14.3. The molecule has 0 aromatic carbocycles. The number of allylic oxidation sites excluding steroid dienone is 1. The molecule has 6 heteroatoms. The fourth-order valence-corrected chi connectivity index (χ4v) is 2.14. The van der Waals surface area contributed by atoms with E-state index < -0.39 is 0 Å². The molecule has 1 atom stereocenters. The van der Waals surface area contributed by atoms with E-state index in [4.69, 9.17) is 9.47 Å². The summed E-state index contributed by atoms with van der Waals surface area (Å²) in [4.78, 5) is 21.8. The molecule has 2 rings (SSSR count). The third-order valence-corrected chi connectivity index (χ3v) is 3.09. The van der Waals surface area contributed by atoms with E-state index in [2.05, 4.69) is 9.97 Å². The van der Waals surface area contributed by atoms with Crippen LogP contribution in [0.4, 0.5) is 0 Å². The second kappa shape index (κ2) is 6.88. The number of carbonyl (C=O) groups excluding carboxylic acids is 1. The number of ether oxygens (including phenoxy) is 2. The van der Waals surface area contributed by atoms with Crippen LogP contribution in [0.25, 0.3) is 0 Å². The van der Waals surface area contributed by atoms with Crippen LogP contribution in [0.15, 0.2) is 24.5 Å². The number of rotatable bonds is 4. The van der Waals surface area contributed by atoms with Gasteiger partial charge in [-0.05, 0) is 25.8 Å². The van der Waals surface area contributed by atoms with Crippen molar-refractivity contribution in [2.24, 2.45) is 0 Å². The van der Waals surface area contributed by atoms with E-state index in [9.17, 15) is 4.79 Å². The molecular weight excluding hydrogens is 258 g/mol. The lowest BCUT2D eigenvalue weighted by Gasteiger charge is -2.31. The van der Waals surface area contributed by atoms with E-state index in [1.807, 2.05) is 6.92 Å². The van der Waals surface area contributed by atoms with Crippen molar-refractivity contribution in [2.75, 3.05) is 20.2 Å². The smallest absolute Gasteiger partial charge is 0.246 e. The minimum atomic E-state index is -0.0561. The molecule has 1 aromatic rings. The highest BCUT2D eigenvalue weighted by Crippen LogP contribution is 2.18. The van der Waals surface area contributed by atoms with Crippen LogP contribution in [0.5, 0.6) is 11.8 Å². The van der Waals surface area contributed by atoms with Crippen LogP contribution in [0.1, 0.15) is 19.8 Å². The van der Waals surface area contributed by atoms with E-state index in [1.165, 1.54) is 13.3 Å². The van der Waals surface area contributed by atoms with E-state index in [1.54, 1.807) is 23.2 Å². The van der Waals surface area contributed by atoms with Gasteiger partial charge in [0.05, 0.1) is 26.0 Å². The Labute approximate surface area is 118 Å². The van der Waals surface area contributed by atoms with Gasteiger partial charge in [-0.3, -0.25) is 9.78 Å². The quantitative estimate of drug-likeness (QED) is 0.779. The normalized spacial score (nSPS) is 19.1. The van der Waals surface area contributed by atoms with Gasteiger partial charge in [0.25, 0.3) is 0 Å². The maximum Gasteiger partial charge on any atom is 0.246 e. The summed E-state index contributed by atoms with van der Waals surface area (Å²) in [5.41, 5.74) is 0. The molecule has 1 saturated heterocycles. The molecule has 0 aliphatic carbocycles. The molecule has 0 bridgehead atoms. The van der Waals surface area contributed by atoms with Crippen molar-refractivity contribution in [3.05, 3.63) is 24.5 Å². The largest absolute Gasteiger partial charge is 0.480 e. The summed E-state index contributed by atoms with van der Waals surface area (Å²) in [5.74, 6) is 0.868. The Morgan fingerprint density at radius 2 is 2.25 bits per heavy atom. The summed E-state index contributed by atoms with van der Waals surface area (Å²) < 4.78 is 10.8. The molecule has 1 aliphatic heterocycles. The zero-order valence-electron chi connectivity index (χ0n) is 11.8. The number of aromatic nitrogens is 2. The van der Waals surface area contributed by atoms with Crippen molar-refractivity contribution < 1.29 is 14.3 Å². The maximum atomic E-state index is 11.8. The Morgan fingerprint density at radius 3 is 3.00 bits per heavy atom. The SMILES string of the molecule is C/C=C/C(=O)N1CCC[C@@H](Oc2cncc(OC)n2)C1. The van der Waals surface area contributed by atoms with Gasteiger partial charge in [0, 0.05) is 6.54 Å². The van der Waals surface area contributed by atoms with E-state index in [-0.39, 0.29) is 12.0 Å². The van der Waals surface area contributed by atoms with Crippen LogP contribution in [-0.2, 0) is 4.79 Å². The lowest BCUT2D eigenvalue weighted by atomic mass is 10.1. The standard InChI is InChI=1S/C14H19N3O3/c1-3-5-14(18)17-7-4-6-11(10-17)20-13-9-15-8-12(16-13)19-2/h3,5,8-9,11H,4,6-7,10H2,1-2H3/b5-3+/t11-/m1/s1. The molecule has 0 N–H and O–H groups in total. The van der Waals surface area contributed by atoms with Gasteiger partial charge >= 0.3 is 0 Å². The van der Waals surface area contributed by atoms with Crippen molar-refractivity contribution >= 4 is 5.91 Å². The van der Waals surface area contributed by atoms with Gasteiger partial charge in [0.1, 0.15) is 6.10 Å². The minimum absolute atomic E-state index is 0.0255. The molecule has 1 aromatic heterocycles. The number of piperidine rings is 1. The molecule has 6 nitrogen and oxygen atoms in total. The lowest BCUT2D eigenvalue weighted by Crippen LogP contribution is -2.43. The van der Waals surface area contributed by atoms with Gasteiger partial charge in [-0.15, -0.1) is 0 Å². The fourth-order valence-electron chi connectivity index (χ4n) is 2.14. The summed E-state index contributed by atoms with van der Waals surface area (Å²) in [6.45, 7) is 3.18. The van der Waals surface area contributed by atoms with Crippen LogP contribution in [-0.4, -0.2) is 47.1 Å². The average molecular weight is 277 g/mol. The molecule has 0 spiro atoms. The zero-order valence-corrected chi connectivity index (χ0v) is 11.8. The highest BCUT2D eigenvalue weighted by Gasteiger charge is 2.24. The number of likely N-dealkylation sites (tertiary alicyclic amines) is 1. The third-order valence-electron chi connectivity index (χ3n) is 3.09. The first-order valence-corrected chi connectivity index (χ1v) is 6.67. The second-order valence-corrected chi connectivity index (χ2v) is 4.57. The number of hydrogen-bond donors (Lipinski definition) is 0. The van der Waals surface area contributed by atoms with E-state index in [0.29, 0.717) is 18.3 Å². The molecule has 2 heterocycles. The van der Waals surface area contributed by atoms with Crippen molar-refractivity contribution in [2.45, 2.75) is 25.9 Å². The second-order valence-electron chi connectivity index (χ2n) is 4.57. The predicted molar refractivity (Wildman–Crippen MR) is 73.6 cm³/mol. The van der Waals surface area contributed by atoms with Gasteiger partial charge in [0.15, 0.2) is 0 Å². The Bertz CT molecular complexity index is 490. The lowest BCUT2D eigenvalue weighted by molar-refractivity contribution is -0.128. The highest BCUT2D eigenvalue weighted by molar-refractivity contribution is 5.87. The summed E-state index contributed by atoms with van der Waals surface area (Å²) in [6, 6.07) is 0. The van der Waals surface area contributed by atoms with Crippen LogP contribution >= 0.6 is 0 Å². The van der Waals surface area contributed by atoms with Gasteiger partial charge in [-0.25, -0.2) is 0 Å². The van der Waals surface area contributed by atoms with Gasteiger partial charge in [0.2, 0.25) is 17.7 Å². The Balaban J connectivity index is 1.97. The van der Waals surface area contributed by atoms with Crippen LogP contribution in [0, 0.1) is 0 Å². The molecule has 20 heavy (non-hydrogen) atoms. The topological polar surface area (TPSA) is 64.6 Å². The molecule has 0 radical (unpaired) electrons.